The maximum Gasteiger partial charge on any atom is 0.411 e. The van der Waals surface area contributed by atoms with Crippen LogP contribution in [-0.4, -0.2) is 36.7 Å². The van der Waals surface area contributed by atoms with Crippen LogP contribution in [-0.2, 0) is 22.7 Å². The molecule has 2 atom stereocenters. The van der Waals surface area contributed by atoms with E-state index >= 15 is 0 Å². The van der Waals surface area contributed by atoms with Crippen LogP contribution in [0.2, 0.25) is 0 Å². The molecule has 2 N–H and O–H groups in total. The Bertz CT molecular complexity index is 522. The highest BCUT2D eigenvalue weighted by molar-refractivity contribution is 6.21. The lowest BCUT2D eigenvalue weighted by Gasteiger charge is -2.11. The van der Waals surface area contributed by atoms with Gasteiger partial charge >= 0.3 is 6.18 Å². The van der Waals surface area contributed by atoms with Crippen molar-refractivity contribution in [1.29, 1.82) is 0 Å². The first-order chi connectivity index (χ1) is 10.8. The van der Waals surface area contributed by atoms with Gasteiger partial charge < -0.3 is 15.4 Å². The number of hydrogen-bond donors (Lipinski definition) is 2. The maximum atomic E-state index is 12.0. The summed E-state index contributed by atoms with van der Waals surface area (Å²) in [5.41, 5.74) is 1.50. The Hall–Kier alpha value is -1.31. The Morgan fingerprint density at radius 1 is 1.30 bits per heavy atom. The molecule has 1 aliphatic rings. The van der Waals surface area contributed by atoms with Gasteiger partial charge in [0.2, 0.25) is 5.91 Å². The van der Waals surface area contributed by atoms with Gasteiger partial charge in [-0.3, -0.25) is 4.79 Å². The van der Waals surface area contributed by atoms with E-state index in [2.05, 4.69) is 15.4 Å². The third kappa shape index (κ3) is 6.37. The smallest absolute Gasteiger partial charge is 0.367 e. The summed E-state index contributed by atoms with van der Waals surface area (Å²) in [6, 6.07) is 6.59. The molecule has 23 heavy (non-hydrogen) atoms. The van der Waals surface area contributed by atoms with Gasteiger partial charge in [0.05, 0.1) is 12.6 Å². The van der Waals surface area contributed by atoms with Gasteiger partial charge in [0, 0.05) is 18.5 Å². The fourth-order valence-electron chi connectivity index (χ4n) is 2.24. The zero-order chi connectivity index (χ0) is 16.9. The van der Waals surface area contributed by atoms with Crippen LogP contribution < -0.4 is 10.6 Å². The first-order valence-electron chi connectivity index (χ1n) is 7.21. The second-order valence-corrected chi connectivity index (χ2v) is 6.05. The molecule has 1 aromatic rings. The molecule has 0 saturated carbocycles. The molecule has 8 heteroatoms. The first-order valence-corrected chi connectivity index (χ1v) is 7.64. The molecule has 0 aliphatic carbocycles. The molecule has 1 aliphatic heterocycles. The largest absolute Gasteiger partial charge is 0.411 e. The number of halogens is 4. The van der Waals surface area contributed by atoms with Crippen LogP contribution in [0.1, 0.15) is 17.5 Å². The van der Waals surface area contributed by atoms with Crippen LogP contribution in [0.3, 0.4) is 0 Å². The minimum Gasteiger partial charge on any atom is -0.367 e. The number of rotatable bonds is 6. The summed E-state index contributed by atoms with van der Waals surface area (Å²) in [6.45, 7) is -0.393. The third-order valence-corrected chi connectivity index (χ3v) is 3.75. The van der Waals surface area contributed by atoms with Crippen LogP contribution in [0.4, 0.5) is 13.2 Å². The zero-order valence-corrected chi connectivity index (χ0v) is 13.1. The van der Waals surface area contributed by atoms with Crippen molar-refractivity contribution in [3.05, 3.63) is 35.4 Å². The van der Waals surface area contributed by atoms with Gasteiger partial charge in [0.15, 0.2) is 0 Å². The molecule has 1 saturated heterocycles. The fraction of sp³-hybridized carbons (Fsp3) is 0.533. The number of carbonyl (C=O) groups excluding carboxylic acids is 1. The molecule has 0 radical (unpaired) electrons. The average Bonchev–Trinajstić information content (AvgIpc) is 2.91. The number of ether oxygens (including phenoxy) is 1. The minimum atomic E-state index is -4.32. The summed E-state index contributed by atoms with van der Waals surface area (Å²) >= 11 is 5.93. The number of hydrogen-bond acceptors (Lipinski definition) is 3. The van der Waals surface area contributed by atoms with Gasteiger partial charge in [-0.15, -0.1) is 11.6 Å². The van der Waals surface area contributed by atoms with E-state index < -0.39 is 12.8 Å². The molecular formula is C15H18ClF3N2O2. The SMILES string of the molecule is O=C(NCc1ccc(COCC(F)(F)F)cc1)C1CC(Cl)CN1. The molecule has 1 amide bonds. The molecule has 1 heterocycles. The van der Waals surface area contributed by atoms with E-state index in [9.17, 15) is 18.0 Å². The van der Waals surface area contributed by atoms with Crippen molar-refractivity contribution >= 4 is 17.5 Å². The second kappa shape index (κ2) is 7.99. The minimum absolute atomic E-state index is 0.0262. The van der Waals surface area contributed by atoms with Crippen molar-refractivity contribution in [3.8, 4) is 0 Å². The van der Waals surface area contributed by atoms with E-state index in [1.807, 2.05) is 0 Å². The third-order valence-electron chi connectivity index (χ3n) is 3.42. The van der Waals surface area contributed by atoms with Gasteiger partial charge in [0.1, 0.15) is 6.61 Å². The summed E-state index contributed by atoms with van der Waals surface area (Å²) < 4.78 is 40.5. The van der Waals surface area contributed by atoms with Crippen LogP contribution in [0, 0.1) is 0 Å². The van der Waals surface area contributed by atoms with E-state index in [0.717, 1.165) is 5.56 Å². The second-order valence-electron chi connectivity index (χ2n) is 5.44. The molecule has 1 aromatic carbocycles. The highest BCUT2D eigenvalue weighted by Crippen LogP contribution is 2.16. The zero-order valence-electron chi connectivity index (χ0n) is 12.3. The number of benzene rings is 1. The van der Waals surface area contributed by atoms with Gasteiger partial charge in [-0.1, -0.05) is 24.3 Å². The lowest BCUT2D eigenvalue weighted by molar-refractivity contribution is -0.176. The monoisotopic (exact) mass is 350 g/mol. The first kappa shape index (κ1) is 18.0. The summed E-state index contributed by atoms with van der Waals surface area (Å²) in [4.78, 5) is 11.9. The fourth-order valence-corrected chi connectivity index (χ4v) is 2.51. The van der Waals surface area contributed by atoms with Crippen molar-refractivity contribution < 1.29 is 22.7 Å². The van der Waals surface area contributed by atoms with Crippen molar-refractivity contribution in [1.82, 2.24) is 10.6 Å². The van der Waals surface area contributed by atoms with Crippen LogP contribution in [0.25, 0.3) is 0 Å². The maximum absolute atomic E-state index is 12.0. The lowest BCUT2D eigenvalue weighted by atomic mass is 10.1. The molecular weight excluding hydrogens is 333 g/mol. The van der Waals surface area contributed by atoms with Crippen molar-refractivity contribution in [2.45, 2.75) is 37.2 Å². The predicted molar refractivity (Wildman–Crippen MR) is 80.0 cm³/mol. The lowest BCUT2D eigenvalue weighted by Crippen LogP contribution is -2.39. The van der Waals surface area contributed by atoms with E-state index in [0.29, 0.717) is 25.1 Å². The number of carbonyl (C=O) groups is 1. The molecule has 128 valence electrons. The summed E-state index contributed by atoms with van der Waals surface area (Å²) in [7, 11) is 0. The Morgan fingerprint density at radius 3 is 2.52 bits per heavy atom. The normalized spacial score (nSPS) is 21.4. The highest BCUT2D eigenvalue weighted by Gasteiger charge is 2.28. The predicted octanol–water partition coefficient (Wildman–Crippen LogP) is 2.35. The van der Waals surface area contributed by atoms with Crippen LogP contribution >= 0.6 is 11.6 Å². The van der Waals surface area contributed by atoms with E-state index in [1.54, 1.807) is 24.3 Å². The van der Waals surface area contributed by atoms with Crippen LogP contribution in [0.15, 0.2) is 24.3 Å². The Labute approximate surface area is 137 Å². The molecule has 0 bridgehead atoms. The molecule has 0 aromatic heterocycles. The molecule has 2 unspecified atom stereocenters. The van der Waals surface area contributed by atoms with E-state index in [4.69, 9.17) is 11.6 Å². The average molecular weight is 351 g/mol. The summed E-state index contributed by atoms with van der Waals surface area (Å²) in [5.74, 6) is -0.106. The van der Waals surface area contributed by atoms with E-state index in [1.165, 1.54) is 0 Å². The quantitative estimate of drug-likeness (QED) is 0.774. The van der Waals surface area contributed by atoms with E-state index in [-0.39, 0.29) is 23.9 Å². The number of alkyl halides is 4. The standard InChI is InChI=1S/C15H18ClF3N2O2/c16-12-5-13(20-7-12)14(22)21-6-10-1-3-11(4-2-10)8-23-9-15(17,18)19/h1-4,12-13,20H,5-9H2,(H,21,22). The number of amides is 1. The highest BCUT2D eigenvalue weighted by atomic mass is 35.5. The summed E-state index contributed by atoms with van der Waals surface area (Å²) in [5, 5.41) is 5.81. The Kier molecular flexibility index (Phi) is 6.26. The van der Waals surface area contributed by atoms with Gasteiger partial charge in [-0.05, 0) is 17.5 Å². The van der Waals surface area contributed by atoms with Crippen molar-refractivity contribution in [3.63, 3.8) is 0 Å². The van der Waals surface area contributed by atoms with Crippen molar-refractivity contribution in [2.75, 3.05) is 13.2 Å². The molecule has 0 spiro atoms. The Morgan fingerprint density at radius 2 is 1.96 bits per heavy atom. The number of nitrogens with one attached hydrogen (secondary N) is 2. The van der Waals surface area contributed by atoms with Crippen molar-refractivity contribution in [2.24, 2.45) is 0 Å². The van der Waals surface area contributed by atoms with Gasteiger partial charge in [0.25, 0.3) is 0 Å². The molecule has 2 rings (SSSR count). The Balaban J connectivity index is 1.73. The van der Waals surface area contributed by atoms with Gasteiger partial charge in [-0.25, -0.2) is 0 Å². The molecule has 1 fully saturated rings. The topological polar surface area (TPSA) is 50.4 Å². The molecule has 4 nitrogen and oxygen atoms in total. The van der Waals surface area contributed by atoms with Gasteiger partial charge in [-0.2, -0.15) is 13.2 Å². The van der Waals surface area contributed by atoms with Crippen LogP contribution in [0.5, 0.6) is 0 Å². The summed E-state index contributed by atoms with van der Waals surface area (Å²) in [6.07, 6.45) is -3.72.